The minimum atomic E-state index is -4.67. The summed E-state index contributed by atoms with van der Waals surface area (Å²) in [4.78, 5) is 0. The van der Waals surface area contributed by atoms with Crippen LogP contribution >= 0.6 is 0 Å². The summed E-state index contributed by atoms with van der Waals surface area (Å²) < 4.78 is 31.6. The molecule has 0 amide bonds. The fraction of sp³-hybridized carbons (Fsp3) is 0.889. The molecule has 0 rings (SSSR count). The lowest BCUT2D eigenvalue weighted by atomic mass is 10.1. The first kappa shape index (κ1) is 29.3. The average Bonchev–Trinajstić information content (AvgIpc) is 2.49. The highest BCUT2D eigenvalue weighted by atomic mass is 32.3. The highest BCUT2D eigenvalue weighted by Crippen LogP contribution is 2.09. The minimum Gasteiger partial charge on any atom is -0.396 e. The second-order valence-electron chi connectivity index (χ2n) is 6.11. The van der Waals surface area contributed by atoms with Gasteiger partial charge in [-0.3, -0.25) is 9.11 Å². The summed E-state index contributed by atoms with van der Waals surface area (Å²) in [7, 11) is -4.67. The molecule has 0 saturated carbocycles. The number of unbranched alkanes of at least 4 members (excludes halogenated alkanes) is 12. The van der Waals surface area contributed by atoms with Crippen LogP contribution in [0.4, 0.5) is 0 Å². The molecule has 0 fully saturated rings. The molecule has 0 unspecified atom stereocenters. The zero-order valence-corrected chi connectivity index (χ0v) is 16.9. The van der Waals surface area contributed by atoms with Crippen LogP contribution < -0.4 is 6.15 Å². The van der Waals surface area contributed by atoms with Crippen LogP contribution in [0.2, 0.25) is 0 Å². The molecule has 154 valence electrons. The van der Waals surface area contributed by atoms with Crippen LogP contribution in [0, 0.1) is 0 Å². The third-order valence-electron chi connectivity index (χ3n) is 3.67. The summed E-state index contributed by atoms with van der Waals surface area (Å²) in [6.45, 7) is 2.64. The summed E-state index contributed by atoms with van der Waals surface area (Å²) in [5.41, 5.74) is 0. The first-order valence-corrected chi connectivity index (χ1v) is 10.8. The van der Waals surface area contributed by atoms with Crippen molar-refractivity contribution < 1.29 is 22.6 Å². The minimum absolute atomic E-state index is 0. The van der Waals surface area contributed by atoms with Crippen molar-refractivity contribution >= 4 is 10.4 Å². The fourth-order valence-corrected chi connectivity index (χ4v) is 2.36. The highest BCUT2D eigenvalue weighted by Gasteiger charge is 1.90. The molecular formula is C18H41NO5S. The molecule has 0 aliphatic rings. The van der Waals surface area contributed by atoms with Gasteiger partial charge in [0.05, 0.1) is 0 Å². The molecule has 0 aromatic rings. The zero-order chi connectivity index (χ0) is 18.5. The highest BCUT2D eigenvalue weighted by molar-refractivity contribution is 7.79. The quantitative estimate of drug-likeness (QED) is 0.167. The second-order valence-corrected chi connectivity index (χ2v) is 7.00. The van der Waals surface area contributed by atoms with Crippen LogP contribution in [-0.4, -0.2) is 29.2 Å². The molecule has 25 heavy (non-hydrogen) atoms. The van der Waals surface area contributed by atoms with E-state index in [9.17, 15) is 0 Å². The second kappa shape index (κ2) is 23.5. The lowest BCUT2D eigenvalue weighted by Crippen LogP contribution is -1.89. The van der Waals surface area contributed by atoms with E-state index in [1.807, 2.05) is 0 Å². The van der Waals surface area contributed by atoms with Gasteiger partial charge in [-0.2, -0.15) is 8.42 Å². The van der Waals surface area contributed by atoms with E-state index in [2.05, 4.69) is 19.1 Å². The van der Waals surface area contributed by atoms with Crippen LogP contribution in [0.5, 0.6) is 0 Å². The smallest absolute Gasteiger partial charge is 0.394 e. The van der Waals surface area contributed by atoms with Crippen molar-refractivity contribution in [1.29, 1.82) is 0 Å². The van der Waals surface area contributed by atoms with E-state index in [4.69, 9.17) is 22.6 Å². The summed E-state index contributed by atoms with van der Waals surface area (Å²) >= 11 is 0. The van der Waals surface area contributed by atoms with E-state index in [0.29, 0.717) is 6.61 Å². The van der Waals surface area contributed by atoms with Crippen molar-refractivity contribution in [3.8, 4) is 0 Å². The largest absolute Gasteiger partial charge is 0.396 e. The zero-order valence-electron chi connectivity index (χ0n) is 16.0. The van der Waals surface area contributed by atoms with Gasteiger partial charge in [0.15, 0.2) is 0 Å². The summed E-state index contributed by atoms with van der Waals surface area (Å²) in [6, 6.07) is 0. The van der Waals surface area contributed by atoms with E-state index in [1.165, 1.54) is 83.5 Å². The van der Waals surface area contributed by atoms with Crippen molar-refractivity contribution in [1.82, 2.24) is 6.15 Å². The summed E-state index contributed by atoms with van der Waals surface area (Å²) in [6.07, 6.45) is 23.2. The predicted molar refractivity (Wildman–Crippen MR) is 106 cm³/mol. The van der Waals surface area contributed by atoms with E-state index in [-0.39, 0.29) is 6.15 Å². The number of hydrogen-bond donors (Lipinski definition) is 4. The Labute approximate surface area is 155 Å². The molecule has 0 atom stereocenters. The Morgan fingerprint density at radius 1 is 0.680 bits per heavy atom. The molecular weight excluding hydrogens is 342 g/mol. The molecule has 0 heterocycles. The topological polar surface area (TPSA) is 130 Å². The third-order valence-corrected chi connectivity index (χ3v) is 3.67. The molecule has 0 spiro atoms. The fourth-order valence-electron chi connectivity index (χ4n) is 2.36. The molecule has 6 N–H and O–H groups in total. The van der Waals surface area contributed by atoms with E-state index in [1.54, 1.807) is 0 Å². The maximum Gasteiger partial charge on any atom is 0.394 e. The van der Waals surface area contributed by atoms with E-state index >= 15 is 0 Å². The van der Waals surface area contributed by atoms with Crippen LogP contribution in [0.15, 0.2) is 12.2 Å². The van der Waals surface area contributed by atoms with Gasteiger partial charge in [0, 0.05) is 6.61 Å². The van der Waals surface area contributed by atoms with Gasteiger partial charge >= 0.3 is 10.4 Å². The molecule has 0 aliphatic carbocycles. The first-order chi connectivity index (χ1) is 11.4. The molecule has 0 aliphatic heterocycles. The molecule has 0 aromatic carbocycles. The first-order valence-electron chi connectivity index (χ1n) is 9.37. The number of rotatable bonds is 15. The SMILES string of the molecule is CCCCCCCC/C=C\CCCCCCCCO.N.O=S(=O)(O)O. The number of allylic oxidation sites excluding steroid dienone is 2. The maximum atomic E-state index is 8.74. The number of hydrogen-bond acceptors (Lipinski definition) is 4. The van der Waals surface area contributed by atoms with Crippen LogP contribution in [0.25, 0.3) is 0 Å². The van der Waals surface area contributed by atoms with Gasteiger partial charge in [-0.05, 0) is 32.1 Å². The monoisotopic (exact) mass is 383 g/mol. The molecule has 0 radical (unpaired) electrons. The Morgan fingerprint density at radius 3 is 1.36 bits per heavy atom. The number of aliphatic hydroxyl groups is 1. The van der Waals surface area contributed by atoms with Gasteiger partial charge in [-0.15, -0.1) is 0 Å². The van der Waals surface area contributed by atoms with Crippen molar-refractivity contribution in [3.63, 3.8) is 0 Å². The molecule has 7 heteroatoms. The Bertz CT molecular complexity index is 350. The van der Waals surface area contributed by atoms with Crippen molar-refractivity contribution in [2.75, 3.05) is 6.61 Å². The molecule has 0 aromatic heterocycles. The summed E-state index contributed by atoms with van der Waals surface area (Å²) in [5.74, 6) is 0. The van der Waals surface area contributed by atoms with E-state index < -0.39 is 10.4 Å². The molecule has 0 bridgehead atoms. The predicted octanol–water partition coefficient (Wildman–Crippen LogP) is 5.53. The molecule has 6 nitrogen and oxygen atoms in total. The Kier molecular flexibility index (Phi) is 27.6. The summed E-state index contributed by atoms with van der Waals surface area (Å²) in [5, 5.41) is 8.66. The van der Waals surface area contributed by atoms with Gasteiger partial charge in [-0.25, -0.2) is 0 Å². The Morgan fingerprint density at radius 2 is 1.00 bits per heavy atom. The van der Waals surface area contributed by atoms with Crippen LogP contribution in [-0.2, 0) is 10.4 Å². The van der Waals surface area contributed by atoms with Crippen LogP contribution in [0.3, 0.4) is 0 Å². The lowest BCUT2D eigenvalue weighted by molar-refractivity contribution is 0.282. The van der Waals surface area contributed by atoms with Gasteiger partial charge < -0.3 is 11.3 Å². The lowest BCUT2D eigenvalue weighted by Gasteiger charge is -1.99. The number of aliphatic hydroxyl groups excluding tert-OH is 1. The van der Waals surface area contributed by atoms with Gasteiger partial charge in [0.25, 0.3) is 0 Å². The van der Waals surface area contributed by atoms with Gasteiger partial charge in [-0.1, -0.05) is 76.9 Å². The Hall–Kier alpha value is -0.470. The average molecular weight is 384 g/mol. The maximum absolute atomic E-state index is 8.74. The van der Waals surface area contributed by atoms with Crippen molar-refractivity contribution in [3.05, 3.63) is 12.2 Å². The van der Waals surface area contributed by atoms with Crippen molar-refractivity contribution in [2.24, 2.45) is 0 Å². The normalized spacial score (nSPS) is 11.0. The van der Waals surface area contributed by atoms with Gasteiger partial charge in [0.1, 0.15) is 0 Å². The Balaban J connectivity index is -0.000000704. The molecule has 0 saturated heterocycles. The van der Waals surface area contributed by atoms with Crippen molar-refractivity contribution in [2.45, 2.75) is 96.8 Å². The third kappa shape index (κ3) is 45.2. The van der Waals surface area contributed by atoms with E-state index in [0.717, 1.165) is 6.42 Å². The van der Waals surface area contributed by atoms with Crippen LogP contribution in [0.1, 0.15) is 96.8 Å². The standard InChI is InChI=1S/C18H36O.H3N.H2O4S/c1-2-3-4-5-6-7-8-9-10-11-12-13-14-15-16-17-18-19;;1-5(2,3)4/h9-10,19H,2-8,11-18H2,1H3;1H3;(H2,1,2,3,4)/b10-9-;;. The van der Waals surface area contributed by atoms with Gasteiger partial charge in [0.2, 0.25) is 0 Å².